The Bertz CT molecular complexity index is 1120. The van der Waals surface area contributed by atoms with Crippen LogP contribution in [0.15, 0.2) is 41.3 Å². The van der Waals surface area contributed by atoms with Crippen LogP contribution in [0.5, 0.6) is 0 Å². The zero-order chi connectivity index (χ0) is 22.2. The SMILES string of the molecule is CC(=O)N1c2ccc(S(=O)(=O)N(C)CC(=O)Nc3cccc(Cl)c3C)cc2C[C@@H]1C. The van der Waals surface area contributed by atoms with E-state index in [1.54, 1.807) is 42.2 Å². The summed E-state index contributed by atoms with van der Waals surface area (Å²) in [5.41, 5.74) is 2.77. The zero-order valence-electron chi connectivity index (χ0n) is 17.3. The Kier molecular flexibility index (Phi) is 6.21. The number of likely N-dealkylation sites (N-methyl/N-ethyl adjacent to an activating group) is 1. The number of benzene rings is 2. The summed E-state index contributed by atoms with van der Waals surface area (Å²) < 4.78 is 27.0. The van der Waals surface area contributed by atoms with Crippen LogP contribution in [0.3, 0.4) is 0 Å². The lowest BCUT2D eigenvalue weighted by atomic mass is 10.1. The number of nitrogens with zero attached hydrogens (tertiary/aromatic N) is 2. The minimum absolute atomic E-state index is 0.0279. The van der Waals surface area contributed by atoms with Gasteiger partial charge in [-0.05, 0) is 61.7 Å². The molecule has 0 fully saturated rings. The molecule has 1 atom stereocenters. The molecule has 1 N–H and O–H groups in total. The van der Waals surface area contributed by atoms with E-state index in [1.165, 1.54) is 20.0 Å². The highest BCUT2D eigenvalue weighted by Gasteiger charge is 2.31. The van der Waals surface area contributed by atoms with E-state index < -0.39 is 15.9 Å². The number of halogens is 1. The van der Waals surface area contributed by atoms with E-state index in [4.69, 9.17) is 11.6 Å². The fourth-order valence-electron chi connectivity index (χ4n) is 3.65. The molecule has 7 nitrogen and oxygen atoms in total. The molecule has 9 heteroatoms. The highest BCUT2D eigenvalue weighted by Crippen LogP contribution is 2.34. The summed E-state index contributed by atoms with van der Waals surface area (Å²) in [4.78, 5) is 26.0. The van der Waals surface area contributed by atoms with Crippen molar-refractivity contribution in [1.29, 1.82) is 0 Å². The maximum atomic E-state index is 13.0. The van der Waals surface area contributed by atoms with Gasteiger partial charge in [-0.2, -0.15) is 4.31 Å². The molecule has 0 bridgehead atoms. The molecular weight excluding hydrogens is 426 g/mol. The normalized spacial score (nSPS) is 15.9. The number of hydrogen-bond donors (Lipinski definition) is 1. The third-order valence-corrected chi connectivity index (χ3v) is 7.43. The molecule has 0 spiro atoms. The molecule has 2 amide bonds. The van der Waals surface area contributed by atoms with Gasteiger partial charge < -0.3 is 10.2 Å². The van der Waals surface area contributed by atoms with E-state index in [9.17, 15) is 18.0 Å². The zero-order valence-corrected chi connectivity index (χ0v) is 18.8. The van der Waals surface area contributed by atoms with Gasteiger partial charge in [-0.1, -0.05) is 17.7 Å². The molecular formula is C21H24ClN3O4S. The van der Waals surface area contributed by atoms with E-state index in [-0.39, 0.29) is 23.4 Å². The summed E-state index contributed by atoms with van der Waals surface area (Å²) in [6, 6.07) is 9.80. The van der Waals surface area contributed by atoms with E-state index in [1.807, 2.05) is 6.92 Å². The lowest BCUT2D eigenvalue weighted by molar-refractivity contribution is -0.117. The standard InChI is InChI=1S/C21H24ClN3O4S/c1-13-10-16-11-17(8-9-20(16)25(13)15(3)26)30(28,29)24(4)12-21(27)23-19-7-5-6-18(22)14(19)2/h5-9,11,13H,10,12H2,1-4H3,(H,23,27)/t13-/m0/s1. The predicted octanol–water partition coefficient (Wildman–Crippen LogP) is 3.21. The van der Waals surface area contributed by atoms with E-state index in [0.717, 1.165) is 15.6 Å². The highest BCUT2D eigenvalue weighted by molar-refractivity contribution is 7.89. The first-order valence-electron chi connectivity index (χ1n) is 9.46. The predicted molar refractivity (Wildman–Crippen MR) is 117 cm³/mol. The van der Waals surface area contributed by atoms with Crippen molar-refractivity contribution in [2.24, 2.45) is 0 Å². The first-order chi connectivity index (χ1) is 14.0. The quantitative estimate of drug-likeness (QED) is 0.759. The van der Waals surface area contributed by atoms with Crippen molar-refractivity contribution in [3.8, 4) is 0 Å². The van der Waals surface area contributed by atoms with Crippen molar-refractivity contribution in [1.82, 2.24) is 4.31 Å². The molecule has 3 rings (SSSR count). The lowest BCUT2D eigenvalue weighted by Gasteiger charge is -2.21. The van der Waals surface area contributed by atoms with Crippen LogP contribution >= 0.6 is 11.6 Å². The van der Waals surface area contributed by atoms with Gasteiger partial charge in [0, 0.05) is 36.4 Å². The Morgan fingerprint density at radius 2 is 1.97 bits per heavy atom. The summed E-state index contributed by atoms with van der Waals surface area (Å²) in [7, 11) is -2.52. The van der Waals surface area contributed by atoms with Crippen molar-refractivity contribution in [3.63, 3.8) is 0 Å². The Labute approximate surface area is 181 Å². The minimum Gasteiger partial charge on any atom is -0.325 e. The molecule has 1 aliphatic heterocycles. The lowest BCUT2D eigenvalue weighted by Crippen LogP contribution is -2.35. The second-order valence-corrected chi connectivity index (χ2v) is 9.91. The van der Waals surface area contributed by atoms with Gasteiger partial charge in [0.15, 0.2) is 0 Å². The molecule has 1 aliphatic rings. The van der Waals surface area contributed by atoms with Gasteiger partial charge in [-0.25, -0.2) is 8.42 Å². The van der Waals surface area contributed by atoms with Crippen LogP contribution in [0.2, 0.25) is 5.02 Å². The molecule has 0 aromatic heterocycles. The van der Waals surface area contributed by atoms with Gasteiger partial charge in [0.05, 0.1) is 11.4 Å². The largest absolute Gasteiger partial charge is 0.325 e. The van der Waals surface area contributed by atoms with Crippen molar-refractivity contribution in [2.75, 3.05) is 23.8 Å². The third kappa shape index (κ3) is 4.21. The van der Waals surface area contributed by atoms with Crippen molar-refractivity contribution < 1.29 is 18.0 Å². The minimum atomic E-state index is -3.88. The number of rotatable bonds is 5. The number of sulfonamides is 1. The average molecular weight is 450 g/mol. The Morgan fingerprint density at radius 3 is 2.63 bits per heavy atom. The van der Waals surface area contributed by atoms with Crippen LogP contribution in [0.1, 0.15) is 25.0 Å². The van der Waals surface area contributed by atoms with E-state index >= 15 is 0 Å². The first kappa shape index (κ1) is 22.3. The maximum absolute atomic E-state index is 13.0. The van der Waals surface area contributed by atoms with Crippen LogP contribution in [-0.2, 0) is 26.0 Å². The molecule has 0 unspecified atom stereocenters. The second kappa shape index (κ2) is 8.37. The number of carbonyl (C=O) groups excluding carboxylic acids is 2. The first-order valence-corrected chi connectivity index (χ1v) is 11.3. The van der Waals surface area contributed by atoms with Gasteiger partial charge >= 0.3 is 0 Å². The molecule has 1 heterocycles. The third-order valence-electron chi connectivity index (χ3n) is 5.22. The second-order valence-electron chi connectivity index (χ2n) is 7.45. The number of carbonyl (C=O) groups is 2. The molecule has 2 aromatic rings. The molecule has 0 saturated carbocycles. The summed E-state index contributed by atoms with van der Waals surface area (Å²) in [5.74, 6) is -0.550. The summed E-state index contributed by atoms with van der Waals surface area (Å²) in [5, 5.41) is 3.21. The van der Waals surface area contributed by atoms with Crippen molar-refractivity contribution in [2.45, 2.75) is 38.1 Å². The molecule has 160 valence electrons. The molecule has 30 heavy (non-hydrogen) atoms. The van der Waals surface area contributed by atoms with Crippen LogP contribution in [0.25, 0.3) is 0 Å². The monoisotopic (exact) mass is 449 g/mol. The topological polar surface area (TPSA) is 86.8 Å². The number of amides is 2. The fraction of sp³-hybridized carbons (Fsp3) is 0.333. The van der Waals surface area contributed by atoms with Gasteiger partial charge in [0.25, 0.3) is 0 Å². The molecule has 0 aliphatic carbocycles. The van der Waals surface area contributed by atoms with Gasteiger partial charge in [-0.15, -0.1) is 0 Å². The van der Waals surface area contributed by atoms with Gasteiger partial charge in [-0.3, -0.25) is 9.59 Å². The fourth-order valence-corrected chi connectivity index (χ4v) is 5.00. The van der Waals surface area contributed by atoms with Gasteiger partial charge in [0.2, 0.25) is 21.8 Å². The van der Waals surface area contributed by atoms with E-state index in [2.05, 4.69) is 5.32 Å². The van der Waals surface area contributed by atoms with Crippen molar-refractivity contribution in [3.05, 3.63) is 52.5 Å². The van der Waals surface area contributed by atoms with Crippen LogP contribution in [0.4, 0.5) is 11.4 Å². The van der Waals surface area contributed by atoms with Crippen LogP contribution < -0.4 is 10.2 Å². The Hall–Kier alpha value is -2.42. The van der Waals surface area contributed by atoms with Gasteiger partial charge in [0.1, 0.15) is 0 Å². The Balaban J connectivity index is 1.77. The maximum Gasteiger partial charge on any atom is 0.243 e. The van der Waals surface area contributed by atoms with E-state index in [0.29, 0.717) is 22.7 Å². The van der Waals surface area contributed by atoms with Crippen LogP contribution in [0, 0.1) is 6.92 Å². The van der Waals surface area contributed by atoms with Crippen LogP contribution in [-0.4, -0.2) is 44.2 Å². The number of fused-ring (bicyclic) bond motifs is 1. The molecule has 0 saturated heterocycles. The smallest absolute Gasteiger partial charge is 0.243 e. The number of anilines is 2. The Morgan fingerprint density at radius 1 is 1.27 bits per heavy atom. The number of nitrogens with one attached hydrogen (secondary N) is 1. The molecule has 0 radical (unpaired) electrons. The summed E-state index contributed by atoms with van der Waals surface area (Å²) in [6.45, 7) is 4.84. The van der Waals surface area contributed by atoms with Crippen molar-refractivity contribution >= 4 is 44.8 Å². The highest BCUT2D eigenvalue weighted by atomic mass is 35.5. The summed E-state index contributed by atoms with van der Waals surface area (Å²) >= 11 is 6.06. The average Bonchev–Trinajstić information content (AvgIpc) is 3.00. The number of hydrogen-bond acceptors (Lipinski definition) is 4. The summed E-state index contributed by atoms with van der Waals surface area (Å²) in [6.07, 6.45) is 0.580. The molecule has 2 aromatic carbocycles.